The van der Waals surface area contributed by atoms with Gasteiger partial charge in [0.1, 0.15) is 11.2 Å². The Morgan fingerprint density at radius 3 is 1.53 bits per heavy atom. The van der Waals surface area contributed by atoms with Crippen molar-refractivity contribution in [3.05, 3.63) is 170 Å². The molecule has 0 aliphatic heterocycles. The highest BCUT2D eigenvalue weighted by Gasteiger charge is 2.20. The first kappa shape index (κ1) is 26.1. The van der Waals surface area contributed by atoms with Crippen molar-refractivity contribution in [1.82, 2.24) is 0 Å². The number of furan rings is 1. The van der Waals surface area contributed by atoms with Gasteiger partial charge in [0.2, 0.25) is 0 Å². The van der Waals surface area contributed by atoms with Crippen molar-refractivity contribution in [2.45, 2.75) is 0 Å². The number of hydrogen-bond donors (Lipinski definition) is 0. The van der Waals surface area contributed by atoms with Crippen LogP contribution in [0.4, 0.5) is 0 Å². The lowest BCUT2D eigenvalue weighted by atomic mass is 9.84. The largest absolute Gasteiger partial charge is 0.455 e. The Hall–Kier alpha value is -6.18. The number of benzene rings is 9. The van der Waals surface area contributed by atoms with E-state index in [2.05, 4.69) is 170 Å². The summed E-state index contributed by atoms with van der Waals surface area (Å²) >= 11 is 0. The molecule has 10 rings (SSSR count). The van der Waals surface area contributed by atoms with Gasteiger partial charge in [-0.1, -0.05) is 146 Å². The van der Waals surface area contributed by atoms with Gasteiger partial charge >= 0.3 is 0 Å². The van der Waals surface area contributed by atoms with Crippen molar-refractivity contribution in [2.75, 3.05) is 0 Å². The molecule has 1 aromatic heterocycles. The minimum Gasteiger partial charge on any atom is -0.455 e. The average molecular weight is 597 g/mol. The van der Waals surface area contributed by atoms with Crippen LogP contribution < -0.4 is 0 Å². The summed E-state index contributed by atoms with van der Waals surface area (Å²) < 4.78 is 6.84. The fourth-order valence-corrected chi connectivity index (χ4v) is 7.70. The lowest BCUT2D eigenvalue weighted by molar-refractivity contribution is 0.671. The molecule has 0 radical (unpaired) electrons. The first-order valence-corrected chi connectivity index (χ1v) is 16.2. The fraction of sp³-hybridized carbons (Fsp3) is 0. The Morgan fingerprint density at radius 1 is 0.319 bits per heavy atom. The molecular formula is C46H28O. The van der Waals surface area contributed by atoms with E-state index >= 15 is 0 Å². The maximum Gasteiger partial charge on any atom is 0.143 e. The molecular weight excluding hydrogens is 569 g/mol. The molecule has 0 unspecified atom stereocenters. The predicted molar refractivity (Wildman–Crippen MR) is 200 cm³/mol. The van der Waals surface area contributed by atoms with Crippen LogP contribution in [0, 0.1) is 0 Å². The minimum absolute atomic E-state index is 0.916. The number of fused-ring (bicyclic) bond motifs is 8. The highest BCUT2D eigenvalue weighted by atomic mass is 16.3. The molecule has 1 nitrogen and oxygen atoms in total. The van der Waals surface area contributed by atoms with E-state index in [1.54, 1.807) is 0 Å². The molecule has 10 aromatic rings. The third-order valence-electron chi connectivity index (χ3n) is 9.79. The summed E-state index contributed by atoms with van der Waals surface area (Å²) in [5.41, 5.74) is 9.05. The summed E-state index contributed by atoms with van der Waals surface area (Å²) in [6, 6.07) is 61.5. The normalized spacial score (nSPS) is 11.8. The van der Waals surface area contributed by atoms with Gasteiger partial charge in [0.15, 0.2) is 0 Å². The maximum absolute atomic E-state index is 6.84. The number of hydrogen-bond acceptors (Lipinski definition) is 1. The highest BCUT2D eigenvalue weighted by molar-refractivity contribution is 6.25. The van der Waals surface area contributed by atoms with Crippen molar-refractivity contribution in [2.24, 2.45) is 0 Å². The molecule has 0 aliphatic carbocycles. The summed E-state index contributed by atoms with van der Waals surface area (Å²) in [5.74, 6) is 0. The van der Waals surface area contributed by atoms with E-state index < -0.39 is 0 Å². The first-order valence-electron chi connectivity index (χ1n) is 16.2. The van der Waals surface area contributed by atoms with Crippen LogP contribution in [0.2, 0.25) is 0 Å². The van der Waals surface area contributed by atoms with Crippen LogP contribution in [-0.2, 0) is 0 Å². The third-order valence-corrected chi connectivity index (χ3v) is 9.79. The van der Waals surface area contributed by atoms with Gasteiger partial charge < -0.3 is 4.42 Å². The first-order chi connectivity index (χ1) is 23.3. The fourth-order valence-electron chi connectivity index (χ4n) is 7.70. The molecule has 0 saturated carbocycles. The molecule has 0 bridgehead atoms. The Balaban J connectivity index is 1.35. The molecule has 47 heavy (non-hydrogen) atoms. The zero-order valence-electron chi connectivity index (χ0n) is 25.6. The number of rotatable bonds is 3. The second kappa shape index (κ2) is 10.2. The van der Waals surface area contributed by atoms with Crippen LogP contribution in [-0.4, -0.2) is 0 Å². The Kier molecular flexibility index (Phi) is 5.64. The Morgan fingerprint density at radius 2 is 0.851 bits per heavy atom. The summed E-state index contributed by atoms with van der Waals surface area (Å²) in [6.07, 6.45) is 0. The third kappa shape index (κ3) is 3.97. The topological polar surface area (TPSA) is 13.1 Å². The summed E-state index contributed by atoms with van der Waals surface area (Å²) in [4.78, 5) is 0. The second-order valence-electron chi connectivity index (χ2n) is 12.4. The summed E-state index contributed by atoms with van der Waals surface area (Å²) in [6.45, 7) is 0. The van der Waals surface area contributed by atoms with Crippen molar-refractivity contribution in [1.29, 1.82) is 0 Å². The van der Waals surface area contributed by atoms with Crippen molar-refractivity contribution in [3.8, 4) is 33.4 Å². The molecule has 218 valence electrons. The van der Waals surface area contributed by atoms with Gasteiger partial charge in [-0.3, -0.25) is 0 Å². The van der Waals surface area contributed by atoms with Crippen molar-refractivity contribution in [3.63, 3.8) is 0 Å². The summed E-state index contributed by atoms with van der Waals surface area (Å²) in [7, 11) is 0. The van der Waals surface area contributed by atoms with E-state index in [0.29, 0.717) is 0 Å². The Labute approximate surface area is 271 Å². The van der Waals surface area contributed by atoms with Crippen LogP contribution in [0.3, 0.4) is 0 Å². The average Bonchev–Trinajstić information content (AvgIpc) is 3.51. The van der Waals surface area contributed by atoms with Crippen LogP contribution in [0.5, 0.6) is 0 Å². The van der Waals surface area contributed by atoms with E-state index in [1.807, 2.05) is 0 Å². The second-order valence-corrected chi connectivity index (χ2v) is 12.4. The quantitative estimate of drug-likeness (QED) is 0.185. The molecule has 0 atom stereocenters. The van der Waals surface area contributed by atoms with E-state index in [9.17, 15) is 0 Å². The van der Waals surface area contributed by atoms with E-state index in [-0.39, 0.29) is 0 Å². The van der Waals surface area contributed by atoms with Gasteiger partial charge in [0.25, 0.3) is 0 Å². The Bertz CT molecular complexity index is 2820. The molecule has 0 aliphatic rings. The van der Waals surface area contributed by atoms with Gasteiger partial charge in [-0.15, -0.1) is 0 Å². The molecule has 1 heteroatoms. The van der Waals surface area contributed by atoms with Gasteiger partial charge in [0, 0.05) is 16.3 Å². The molecule has 0 N–H and O–H groups in total. The SMILES string of the molecule is c1ccc(-c2c3ccccc3c(-c3ccccc3)c3cc(-c4cc5ccccc5c5c4oc4cc6ccccc6cc45)ccc23)cc1. The maximum atomic E-state index is 6.84. The molecule has 1 heterocycles. The smallest absolute Gasteiger partial charge is 0.143 e. The van der Waals surface area contributed by atoms with Gasteiger partial charge in [-0.2, -0.15) is 0 Å². The summed E-state index contributed by atoms with van der Waals surface area (Å²) in [5, 5.41) is 12.1. The van der Waals surface area contributed by atoms with E-state index in [1.165, 1.54) is 70.7 Å². The zero-order valence-corrected chi connectivity index (χ0v) is 25.6. The standard InChI is InChI=1S/C46H28O/c1-3-13-29(14-4-1)43-36-21-11-12-22-37(36)44(30-15-5-2-6-16-30)40-27-34(23-24-38(40)43)39-26-33-19-9-10-20-35(33)45-41-25-31-17-7-8-18-32(31)28-42(41)47-46(39)45/h1-28H. The van der Waals surface area contributed by atoms with Crippen molar-refractivity contribution >= 4 is 65.0 Å². The predicted octanol–water partition coefficient (Wildman–Crippen LogP) is 13.2. The molecule has 0 fully saturated rings. The minimum atomic E-state index is 0.916. The molecule has 0 saturated heterocycles. The molecule has 0 amide bonds. The molecule has 0 spiro atoms. The van der Waals surface area contributed by atoms with Crippen LogP contribution in [0.25, 0.3) is 98.4 Å². The molecule has 9 aromatic carbocycles. The van der Waals surface area contributed by atoms with Gasteiger partial charge in [-0.05, 0) is 95.2 Å². The van der Waals surface area contributed by atoms with Crippen LogP contribution >= 0.6 is 0 Å². The zero-order chi connectivity index (χ0) is 30.9. The van der Waals surface area contributed by atoms with Crippen LogP contribution in [0.1, 0.15) is 0 Å². The van der Waals surface area contributed by atoms with E-state index in [4.69, 9.17) is 4.42 Å². The lowest BCUT2D eigenvalue weighted by Gasteiger charge is -2.19. The van der Waals surface area contributed by atoms with E-state index in [0.717, 1.165) is 27.7 Å². The van der Waals surface area contributed by atoms with Gasteiger partial charge in [0.05, 0.1) is 0 Å². The monoisotopic (exact) mass is 596 g/mol. The highest BCUT2D eigenvalue weighted by Crippen LogP contribution is 2.47. The van der Waals surface area contributed by atoms with Crippen LogP contribution in [0.15, 0.2) is 174 Å². The van der Waals surface area contributed by atoms with Gasteiger partial charge in [-0.25, -0.2) is 0 Å². The van der Waals surface area contributed by atoms with Crippen molar-refractivity contribution < 1.29 is 4.42 Å². The lowest BCUT2D eigenvalue weighted by Crippen LogP contribution is -1.92.